The molecule has 1 fully saturated rings. The van der Waals surface area contributed by atoms with Crippen LogP contribution < -0.4 is 0 Å². The molecule has 0 spiro atoms. The molecule has 100 valence electrons. The molecule has 1 aliphatic rings. The fourth-order valence-electron chi connectivity index (χ4n) is 2.89. The Morgan fingerprint density at radius 2 is 2.17 bits per heavy atom. The zero-order chi connectivity index (χ0) is 13.2. The molecule has 3 nitrogen and oxygen atoms in total. The quantitative estimate of drug-likeness (QED) is 0.874. The maximum atomic E-state index is 10.6. The molecule has 2 heterocycles. The lowest BCUT2D eigenvalue weighted by Gasteiger charge is -2.46. The Labute approximate surface area is 110 Å². The van der Waals surface area contributed by atoms with Crippen molar-refractivity contribution >= 4 is 0 Å². The van der Waals surface area contributed by atoms with Gasteiger partial charge in [0.15, 0.2) is 0 Å². The van der Waals surface area contributed by atoms with Crippen LogP contribution in [0.15, 0.2) is 24.5 Å². The topological polar surface area (TPSA) is 36.4 Å². The largest absolute Gasteiger partial charge is 0.387 e. The molecule has 0 radical (unpaired) electrons. The van der Waals surface area contributed by atoms with E-state index in [0.29, 0.717) is 0 Å². The number of pyridine rings is 1. The average Bonchev–Trinajstić information content (AvgIpc) is 2.38. The molecule has 0 saturated carbocycles. The summed E-state index contributed by atoms with van der Waals surface area (Å²) in [5.41, 5.74) is 1.03. The maximum Gasteiger partial charge on any atom is 0.0960 e. The van der Waals surface area contributed by atoms with Gasteiger partial charge >= 0.3 is 0 Å². The Bertz CT molecular complexity index is 372. The fraction of sp³-hybridized carbons (Fsp3) is 0.667. The van der Waals surface area contributed by atoms with E-state index in [4.69, 9.17) is 0 Å². The summed E-state index contributed by atoms with van der Waals surface area (Å²) >= 11 is 0. The van der Waals surface area contributed by atoms with E-state index in [2.05, 4.69) is 30.7 Å². The van der Waals surface area contributed by atoms with Gasteiger partial charge in [-0.05, 0) is 46.2 Å². The molecule has 0 bridgehead atoms. The summed E-state index contributed by atoms with van der Waals surface area (Å²) in [5, 5.41) is 10.6. The van der Waals surface area contributed by atoms with E-state index in [9.17, 15) is 5.11 Å². The minimum absolute atomic E-state index is 0.105. The molecule has 1 aliphatic heterocycles. The van der Waals surface area contributed by atoms with Crippen LogP contribution in [0.3, 0.4) is 0 Å². The molecule has 2 rings (SSSR count). The summed E-state index contributed by atoms with van der Waals surface area (Å²) in [5.74, 6) is 0. The second-order valence-corrected chi connectivity index (χ2v) is 6.16. The van der Waals surface area contributed by atoms with Gasteiger partial charge in [0, 0.05) is 29.5 Å². The van der Waals surface area contributed by atoms with Crippen molar-refractivity contribution < 1.29 is 5.11 Å². The summed E-state index contributed by atoms with van der Waals surface area (Å²) in [6.45, 7) is 7.75. The number of aliphatic hydroxyl groups excluding tert-OH is 1. The third kappa shape index (κ3) is 2.90. The zero-order valence-corrected chi connectivity index (χ0v) is 11.6. The van der Waals surface area contributed by atoms with Gasteiger partial charge < -0.3 is 5.11 Å². The summed E-state index contributed by atoms with van der Waals surface area (Å²) in [6, 6.07) is 4.07. The van der Waals surface area contributed by atoms with Crippen LogP contribution in [0.1, 0.15) is 51.7 Å². The van der Waals surface area contributed by atoms with Crippen molar-refractivity contribution in [1.82, 2.24) is 9.88 Å². The van der Waals surface area contributed by atoms with Crippen LogP contribution in [0.25, 0.3) is 0 Å². The van der Waals surface area contributed by atoms with Gasteiger partial charge in [-0.1, -0.05) is 12.5 Å². The highest BCUT2D eigenvalue weighted by molar-refractivity contribution is 5.14. The van der Waals surface area contributed by atoms with Crippen molar-refractivity contribution in [2.45, 2.75) is 57.7 Å². The van der Waals surface area contributed by atoms with E-state index in [1.54, 1.807) is 12.4 Å². The number of likely N-dealkylation sites (tertiary alicyclic amines) is 1. The standard InChI is InChI=1S/C15H24N2O/c1-15(2,3)17-10-5-4-8-13(17)14(18)12-7-6-9-16-11-12/h6-7,9,11,13-14,18H,4-5,8,10H2,1-3H3. The predicted molar refractivity (Wildman–Crippen MR) is 73.3 cm³/mol. The molecule has 0 aromatic carbocycles. The normalized spacial score (nSPS) is 23.9. The number of hydrogen-bond acceptors (Lipinski definition) is 3. The first-order valence-corrected chi connectivity index (χ1v) is 6.85. The van der Waals surface area contributed by atoms with Gasteiger partial charge in [-0.2, -0.15) is 0 Å². The van der Waals surface area contributed by atoms with Gasteiger partial charge in [-0.3, -0.25) is 9.88 Å². The van der Waals surface area contributed by atoms with Crippen molar-refractivity contribution in [3.05, 3.63) is 30.1 Å². The Hall–Kier alpha value is -0.930. The van der Waals surface area contributed by atoms with Gasteiger partial charge in [0.1, 0.15) is 0 Å². The van der Waals surface area contributed by atoms with E-state index in [-0.39, 0.29) is 11.6 Å². The maximum absolute atomic E-state index is 10.6. The van der Waals surface area contributed by atoms with Crippen LogP contribution >= 0.6 is 0 Å². The van der Waals surface area contributed by atoms with E-state index in [0.717, 1.165) is 18.5 Å². The molecule has 1 saturated heterocycles. The minimum Gasteiger partial charge on any atom is -0.387 e. The monoisotopic (exact) mass is 248 g/mol. The Balaban J connectivity index is 2.19. The first-order chi connectivity index (χ1) is 8.50. The molecule has 0 amide bonds. The molecule has 1 N–H and O–H groups in total. The first-order valence-electron chi connectivity index (χ1n) is 6.85. The Morgan fingerprint density at radius 3 is 2.78 bits per heavy atom. The zero-order valence-electron chi connectivity index (χ0n) is 11.6. The molecule has 1 aromatic heterocycles. The first kappa shape index (κ1) is 13.5. The molecule has 2 atom stereocenters. The summed E-state index contributed by atoms with van der Waals surface area (Å²) in [7, 11) is 0. The highest BCUT2D eigenvalue weighted by Gasteiger charge is 2.35. The van der Waals surface area contributed by atoms with Gasteiger partial charge in [0.05, 0.1) is 6.10 Å². The van der Waals surface area contributed by atoms with Crippen LogP contribution in [0.4, 0.5) is 0 Å². The second-order valence-electron chi connectivity index (χ2n) is 6.16. The van der Waals surface area contributed by atoms with E-state index >= 15 is 0 Å². The highest BCUT2D eigenvalue weighted by atomic mass is 16.3. The van der Waals surface area contributed by atoms with E-state index in [1.807, 2.05) is 12.1 Å². The molecule has 18 heavy (non-hydrogen) atoms. The third-order valence-electron chi connectivity index (χ3n) is 3.80. The number of piperidine rings is 1. The number of nitrogens with zero attached hydrogens (tertiary/aromatic N) is 2. The van der Waals surface area contributed by atoms with Crippen LogP contribution in [0.2, 0.25) is 0 Å². The summed E-state index contributed by atoms with van der Waals surface area (Å²) in [4.78, 5) is 6.55. The van der Waals surface area contributed by atoms with Crippen molar-refractivity contribution in [1.29, 1.82) is 0 Å². The van der Waals surface area contributed by atoms with Crippen LogP contribution in [0, 0.1) is 0 Å². The molecular formula is C15H24N2O. The SMILES string of the molecule is CC(C)(C)N1CCCCC1C(O)c1cccnc1. The number of aromatic nitrogens is 1. The molecule has 0 aliphatic carbocycles. The average molecular weight is 248 g/mol. The number of rotatable bonds is 2. The summed E-state index contributed by atoms with van der Waals surface area (Å²) in [6.07, 6.45) is 6.59. The lowest BCUT2D eigenvalue weighted by Crippen LogP contribution is -2.52. The highest BCUT2D eigenvalue weighted by Crippen LogP contribution is 2.32. The number of hydrogen-bond donors (Lipinski definition) is 1. The van der Waals surface area contributed by atoms with Crippen LogP contribution in [-0.2, 0) is 0 Å². The predicted octanol–water partition coefficient (Wildman–Crippen LogP) is 2.77. The van der Waals surface area contributed by atoms with Crippen molar-refractivity contribution in [2.24, 2.45) is 0 Å². The Kier molecular flexibility index (Phi) is 4.03. The number of aliphatic hydroxyl groups is 1. The molecule has 1 aromatic rings. The van der Waals surface area contributed by atoms with Gasteiger partial charge in [-0.15, -0.1) is 0 Å². The third-order valence-corrected chi connectivity index (χ3v) is 3.80. The summed E-state index contributed by atoms with van der Waals surface area (Å²) < 4.78 is 0. The van der Waals surface area contributed by atoms with Gasteiger partial charge in [0.2, 0.25) is 0 Å². The van der Waals surface area contributed by atoms with Crippen LogP contribution in [0.5, 0.6) is 0 Å². The van der Waals surface area contributed by atoms with Gasteiger partial charge in [0.25, 0.3) is 0 Å². The smallest absolute Gasteiger partial charge is 0.0960 e. The van der Waals surface area contributed by atoms with Crippen molar-refractivity contribution in [2.75, 3.05) is 6.54 Å². The van der Waals surface area contributed by atoms with E-state index < -0.39 is 6.10 Å². The molecule has 2 unspecified atom stereocenters. The lowest BCUT2D eigenvalue weighted by molar-refractivity contribution is -0.0243. The Morgan fingerprint density at radius 1 is 1.39 bits per heavy atom. The van der Waals surface area contributed by atoms with E-state index in [1.165, 1.54) is 12.8 Å². The fourth-order valence-corrected chi connectivity index (χ4v) is 2.89. The minimum atomic E-state index is -0.432. The molecule has 3 heteroatoms. The van der Waals surface area contributed by atoms with Crippen molar-refractivity contribution in [3.63, 3.8) is 0 Å². The van der Waals surface area contributed by atoms with Crippen LogP contribution in [-0.4, -0.2) is 33.1 Å². The van der Waals surface area contributed by atoms with Crippen molar-refractivity contribution in [3.8, 4) is 0 Å². The van der Waals surface area contributed by atoms with Gasteiger partial charge in [-0.25, -0.2) is 0 Å². The second kappa shape index (κ2) is 5.37. The lowest BCUT2D eigenvalue weighted by atomic mass is 9.89. The molecular weight excluding hydrogens is 224 g/mol.